The van der Waals surface area contributed by atoms with Gasteiger partial charge in [0.05, 0.1) is 6.61 Å². The van der Waals surface area contributed by atoms with Crippen LogP contribution in [0.3, 0.4) is 0 Å². The van der Waals surface area contributed by atoms with Gasteiger partial charge in [0.1, 0.15) is 5.60 Å². The Morgan fingerprint density at radius 2 is 0.843 bits per heavy atom. The Bertz CT molecular complexity index is 670. The molecule has 0 bridgehead atoms. The summed E-state index contributed by atoms with van der Waals surface area (Å²) in [6, 6.07) is 0. The predicted molar refractivity (Wildman–Crippen MR) is 223 cm³/mol. The highest BCUT2D eigenvalue weighted by Gasteiger charge is 2.31. The van der Waals surface area contributed by atoms with Gasteiger partial charge in [-0.25, -0.2) is 0 Å². The van der Waals surface area contributed by atoms with Crippen LogP contribution in [-0.2, 0) is 14.3 Å². The number of aliphatic hydroxyl groups is 1. The van der Waals surface area contributed by atoms with E-state index in [1.165, 1.54) is 180 Å². The van der Waals surface area contributed by atoms with Crippen LogP contribution in [-0.4, -0.2) is 61.0 Å². The molecule has 0 aromatic carbocycles. The zero-order valence-corrected chi connectivity index (χ0v) is 35.4. The molecule has 0 saturated carbocycles. The number of hydrogen-bond donors (Lipinski definition) is 1. The molecule has 0 aliphatic heterocycles. The van der Waals surface area contributed by atoms with E-state index in [1.54, 1.807) is 0 Å². The van der Waals surface area contributed by atoms with Gasteiger partial charge in [-0.05, 0) is 77.3 Å². The molecule has 0 aromatic heterocycles. The van der Waals surface area contributed by atoms with Crippen molar-refractivity contribution < 1.29 is 19.4 Å². The van der Waals surface area contributed by atoms with Crippen LogP contribution in [0.15, 0.2) is 0 Å². The van der Waals surface area contributed by atoms with Gasteiger partial charge >= 0.3 is 5.97 Å². The fourth-order valence-corrected chi connectivity index (χ4v) is 7.52. The molecule has 0 heterocycles. The van der Waals surface area contributed by atoms with E-state index in [0.717, 1.165) is 65.0 Å². The van der Waals surface area contributed by atoms with Crippen molar-refractivity contribution in [3.63, 3.8) is 0 Å². The van der Waals surface area contributed by atoms with Crippen LogP contribution in [0.2, 0.25) is 0 Å². The third kappa shape index (κ3) is 34.8. The van der Waals surface area contributed by atoms with Crippen molar-refractivity contribution >= 4 is 5.97 Å². The smallest absolute Gasteiger partial charge is 0.306 e. The van der Waals surface area contributed by atoms with Crippen molar-refractivity contribution in [2.24, 2.45) is 0 Å². The SMILES string of the molecule is CCCCCCCCCOCCCCCCCCN(CCO)CCCCCCCC(=O)OC(CC)(CCCCCCCC)CCCCCCCC. The Labute approximate surface area is 320 Å². The third-order valence-electron chi connectivity index (χ3n) is 11.1. The van der Waals surface area contributed by atoms with Gasteiger partial charge in [-0.2, -0.15) is 0 Å². The van der Waals surface area contributed by atoms with E-state index < -0.39 is 0 Å². The highest BCUT2D eigenvalue weighted by Crippen LogP contribution is 2.31. The maximum Gasteiger partial charge on any atom is 0.306 e. The Hall–Kier alpha value is -0.650. The van der Waals surface area contributed by atoms with E-state index >= 15 is 0 Å². The standard InChI is InChI=1S/C46H93NO4/c1-5-9-12-15-19-27-34-43-50-44-35-28-20-18-25-32-39-47(41-42-48)40-33-26-21-22-29-36-45(49)51-46(8-4,37-30-23-16-13-10-6-2)38-31-24-17-14-11-7-3/h48H,5-44H2,1-4H3. The number of carbonyl (C=O) groups is 1. The Kier molecular flexibility index (Phi) is 40.0. The van der Waals surface area contributed by atoms with E-state index in [1.807, 2.05) is 0 Å². The summed E-state index contributed by atoms with van der Waals surface area (Å²) in [7, 11) is 0. The first kappa shape index (κ1) is 50.4. The second-order valence-electron chi connectivity index (χ2n) is 16.0. The lowest BCUT2D eigenvalue weighted by molar-refractivity contribution is -0.162. The van der Waals surface area contributed by atoms with Gasteiger partial charge < -0.3 is 19.5 Å². The molecule has 306 valence electrons. The zero-order chi connectivity index (χ0) is 37.4. The summed E-state index contributed by atoms with van der Waals surface area (Å²) < 4.78 is 12.2. The molecule has 51 heavy (non-hydrogen) atoms. The molecule has 0 unspecified atom stereocenters. The molecule has 0 saturated heterocycles. The van der Waals surface area contributed by atoms with Gasteiger partial charge in [0, 0.05) is 26.2 Å². The summed E-state index contributed by atoms with van der Waals surface area (Å²) in [4.78, 5) is 15.5. The molecule has 0 amide bonds. The van der Waals surface area contributed by atoms with Crippen molar-refractivity contribution in [1.29, 1.82) is 0 Å². The maximum absolute atomic E-state index is 13.0. The number of unbranched alkanes of at least 4 members (excludes halogenated alkanes) is 25. The van der Waals surface area contributed by atoms with Gasteiger partial charge in [-0.1, -0.05) is 175 Å². The summed E-state index contributed by atoms with van der Waals surface area (Å²) in [6.45, 7) is 14.2. The minimum Gasteiger partial charge on any atom is -0.459 e. The number of rotatable bonds is 43. The van der Waals surface area contributed by atoms with Crippen LogP contribution >= 0.6 is 0 Å². The van der Waals surface area contributed by atoms with Crippen LogP contribution in [0.5, 0.6) is 0 Å². The molecule has 5 heteroatoms. The number of carbonyl (C=O) groups excluding carboxylic acids is 1. The summed E-state index contributed by atoms with van der Waals surface area (Å²) in [5, 5.41) is 9.58. The van der Waals surface area contributed by atoms with Gasteiger partial charge in [-0.15, -0.1) is 0 Å². The average molecular weight is 724 g/mol. The average Bonchev–Trinajstić information content (AvgIpc) is 3.13. The van der Waals surface area contributed by atoms with E-state index in [2.05, 4.69) is 32.6 Å². The highest BCUT2D eigenvalue weighted by molar-refractivity contribution is 5.69. The molecule has 0 fully saturated rings. The van der Waals surface area contributed by atoms with Gasteiger partial charge in [0.2, 0.25) is 0 Å². The van der Waals surface area contributed by atoms with Crippen LogP contribution in [0.4, 0.5) is 0 Å². The zero-order valence-electron chi connectivity index (χ0n) is 35.4. The van der Waals surface area contributed by atoms with Crippen molar-refractivity contribution in [3.8, 4) is 0 Å². The van der Waals surface area contributed by atoms with Crippen LogP contribution in [0.25, 0.3) is 0 Å². The summed E-state index contributed by atoms with van der Waals surface area (Å²) >= 11 is 0. The normalized spacial score (nSPS) is 12.0. The number of nitrogens with zero attached hydrogens (tertiary/aromatic N) is 1. The van der Waals surface area contributed by atoms with Crippen LogP contribution in [0, 0.1) is 0 Å². The lowest BCUT2D eigenvalue weighted by atomic mass is 9.87. The molecule has 0 aromatic rings. The van der Waals surface area contributed by atoms with Crippen LogP contribution < -0.4 is 0 Å². The highest BCUT2D eigenvalue weighted by atomic mass is 16.6. The number of hydrogen-bond acceptors (Lipinski definition) is 5. The lowest BCUT2D eigenvalue weighted by Crippen LogP contribution is -2.34. The Balaban J connectivity index is 4.07. The fraction of sp³-hybridized carbons (Fsp3) is 0.978. The maximum atomic E-state index is 13.0. The van der Waals surface area contributed by atoms with Gasteiger partial charge in [0.25, 0.3) is 0 Å². The van der Waals surface area contributed by atoms with Crippen LogP contribution in [0.1, 0.15) is 246 Å². The topological polar surface area (TPSA) is 59.0 Å². The van der Waals surface area contributed by atoms with Gasteiger partial charge in [0.15, 0.2) is 0 Å². The first-order chi connectivity index (χ1) is 25.1. The van der Waals surface area contributed by atoms with Crippen molar-refractivity contribution in [1.82, 2.24) is 4.90 Å². The molecule has 0 atom stereocenters. The quantitative estimate of drug-likeness (QED) is 0.0501. The Morgan fingerprint density at radius 3 is 1.25 bits per heavy atom. The van der Waals surface area contributed by atoms with E-state index in [9.17, 15) is 9.90 Å². The fourth-order valence-electron chi connectivity index (χ4n) is 7.52. The largest absolute Gasteiger partial charge is 0.459 e. The summed E-state index contributed by atoms with van der Waals surface area (Å²) in [6.07, 6.45) is 41.7. The molecule has 0 radical (unpaired) electrons. The number of ether oxygens (including phenoxy) is 2. The molecule has 5 nitrogen and oxygen atoms in total. The number of aliphatic hydroxyl groups excluding tert-OH is 1. The van der Waals surface area contributed by atoms with Crippen molar-refractivity contribution in [3.05, 3.63) is 0 Å². The first-order valence-electron chi connectivity index (χ1n) is 23.2. The monoisotopic (exact) mass is 724 g/mol. The third-order valence-corrected chi connectivity index (χ3v) is 11.1. The summed E-state index contributed by atoms with van der Waals surface area (Å²) in [5.74, 6) is 0.0371. The molecular weight excluding hydrogens is 631 g/mol. The molecule has 1 N–H and O–H groups in total. The number of esters is 1. The molecule has 0 spiro atoms. The second-order valence-corrected chi connectivity index (χ2v) is 16.0. The van der Waals surface area contributed by atoms with Crippen molar-refractivity contribution in [2.45, 2.75) is 252 Å². The predicted octanol–water partition coefficient (Wildman–Crippen LogP) is 13.9. The minimum atomic E-state index is -0.246. The van der Waals surface area contributed by atoms with Crippen molar-refractivity contribution in [2.75, 3.05) is 39.5 Å². The van der Waals surface area contributed by atoms with E-state index in [-0.39, 0.29) is 18.2 Å². The second kappa shape index (κ2) is 40.5. The molecule has 0 aliphatic carbocycles. The molecule has 0 rings (SSSR count). The van der Waals surface area contributed by atoms with Gasteiger partial charge in [-0.3, -0.25) is 4.79 Å². The summed E-state index contributed by atoms with van der Waals surface area (Å²) in [5.41, 5.74) is -0.246. The lowest BCUT2D eigenvalue weighted by Gasteiger charge is -2.33. The first-order valence-corrected chi connectivity index (χ1v) is 23.2. The van der Waals surface area contributed by atoms with E-state index in [0.29, 0.717) is 6.42 Å². The van der Waals surface area contributed by atoms with E-state index in [4.69, 9.17) is 9.47 Å². The molecule has 0 aliphatic rings. The minimum absolute atomic E-state index is 0.0371. The Morgan fingerprint density at radius 1 is 0.471 bits per heavy atom. The molecular formula is C46H93NO4.